The molecule has 0 atom stereocenters. The lowest BCUT2D eigenvalue weighted by atomic mass is 9.78. The van der Waals surface area contributed by atoms with E-state index in [4.69, 9.17) is 5.73 Å². The number of hydrogen-bond acceptors (Lipinski definition) is 2. The molecule has 0 unspecified atom stereocenters. The van der Waals surface area contributed by atoms with Crippen LogP contribution in [0.2, 0.25) is 0 Å². The molecule has 3 heteroatoms. The fourth-order valence-electron chi connectivity index (χ4n) is 4.46. The smallest absolute Gasteiger partial charge is 0.220 e. The molecule has 0 radical (unpaired) electrons. The number of hydrogen-bond donors (Lipinski definition) is 2. The molecule has 21 heavy (non-hydrogen) atoms. The van der Waals surface area contributed by atoms with Gasteiger partial charge in [-0.1, -0.05) is 26.7 Å². The number of carbonyl (C=O) groups excluding carboxylic acids is 1. The third-order valence-corrected chi connectivity index (χ3v) is 5.53. The van der Waals surface area contributed by atoms with Gasteiger partial charge in [0.25, 0.3) is 0 Å². The van der Waals surface area contributed by atoms with Crippen LogP contribution in [0.15, 0.2) is 0 Å². The maximum absolute atomic E-state index is 12.2. The number of nitrogens with one attached hydrogen (secondary N) is 1. The zero-order chi connectivity index (χ0) is 15.3. The van der Waals surface area contributed by atoms with Gasteiger partial charge in [0.2, 0.25) is 5.91 Å². The summed E-state index contributed by atoms with van der Waals surface area (Å²) < 4.78 is 0. The predicted molar refractivity (Wildman–Crippen MR) is 87.9 cm³/mol. The van der Waals surface area contributed by atoms with E-state index in [9.17, 15) is 4.79 Å². The summed E-state index contributed by atoms with van der Waals surface area (Å²) >= 11 is 0. The van der Waals surface area contributed by atoms with E-state index in [2.05, 4.69) is 19.2 Å². The molecule has 2 aliphatic carbocycles. The van der Waals surface area contributed by atoms with Gasteiger partial charge in [0.15, 0.2) is 0 Å². The van der Waals surface area contributed by atoms with Crippen LogP contribution in [-0.4, -0.2) is 18.5 Å². The van der Waals surface area contributed by atoms with Crippen LogP contribution >= 0.6 is 0 Å². The molecule has 2 aliphatic rings. The third-order valence-electron chi connectivity index (χ3n) is 5.53. The summed E-state index contributed by atoms with van der Waals surface area (Å²) in [6.07, 6.45) is 11.7. The summed E-state index contributed by atoms with van der Waals surface area (Å²) in [4.78, 5) is 12.2. The van der Waals surface area contributed by atoms with E-state index < -0.39 is 0 Å². The summed E-state index contributed by atoms with van der Waals surface area (Å²) in [5.74, 6) is 1.56. The maximum atomic E-state index is 12.2. The Labute approximate surface area is 130 Å². The van der Waals surface area contributed by atoms with Crippen molar-refractivity contribution in [3.05, 3.63) is 0 Å². The highest BCUT2D eigenvalue weighted by atomic mass is 16.1. The van der Waals surface area contributed by atoms with Gasteiger partial charge in [-0.05, 0) is 62.2 Å². The normalized spacial score (nSPS) is 28.8. The predicted octanol–water partition coefficient (Wildman–Crippen LogP) is 3.62. The molecule has 1 amide bonds. The van der Waals surface area contributed by atoms with Crippen molar-refractivity contribution in [3.63, 3.8) is 0 Å². The van der Waals surface area contributed by atoms with Crippen LogP contribution in [0.5, 0.6) is 0 Å². The minimum Gasteiger partial charge on any atom is -0.356 e. The highest BCUT2D eigenvalue weighted by molar-refractivity contribution is 5.76. The second-order valence-corrected chi connectivity index (χ2v) is 8.07. The summed E-state index contributed by atoms with van der Waals surface area (Å²) in [6, 6.07) is 0.372. The molecule has 2 rings (SSSR count). The Morgan fingerprint density at radius 1 is 1.19 bits per heavy atom. The largest absolute Gasteiger partial charge is 0.356 e. The Kier molecular flexibility index (Phi) is 6.09. The van der Waals surface area contributed by atoms with Crippen LogP contribution < -0.4 is 11.1 Å². The minimum atomic E-state index is 0.269. The standard InChI is InChI=1S/C18H34N2O/c1-14(2)12-18(9-3-4-10-18)13-20-17(21)11-15-5-7-16(19)8-6-15/h14-16H,3-13,19H2,1-2H3,(H,20,21). The van der Waals surface area contributed by atoms with Crippen molar-refractivity contribution in [3.8, 4) is 0 Å². The summed E-state index contributed by atoms with van der Waals surface area (Å²) in [6.45, 7) is 5.50. The van der Waals surface area contributed by atoms with Gasteiger partial charge in [0, 0.05) is 19.0 Å². The number of nitrogens with two attached hydrogens (primary N) is 1. The Morgan fingerprint density at radius 3 is 2.38 bits per heavy atom. The van der Waals surface area contributed by atoms with E-state index in [-0.39, 0.29) is 5.91 Å². The fourth-order valence-corrected chi connectivity index (χ4v) is 4.46. The first-order valence-electron chi connectivity index (χ1n) is 9.01. The third kappa shape index (κ3) is 5.28. The van der Waals surface area contributed by atoms with Gasteiger partial charge >= 0.3 is 0 Å². The Hall–Kier alpha value is -0.570. The van der Waals surface area contributed by atoms with Gasteiger partial charge in [-0.25, -0.2) is 0 Å². The lowest BCUT2D eigenvalue weighted by molar-refractivity contribution is -0.122. The van der Waals surface area contributed by atoms with E-state index in [1.54, 1.807) is 0 Å². The zero-order valence-electron chi connectivity index (χ0n) is 14.0. The van der Waals surface area contributed by atoms with Crippen molar-refractivity contribution < 1.29 is 4.79 Å². The van der Waals surface area contributed by atoms with Crippen molar-refractivity contribution in [2.45, 2.75) is 84.1 Å². The van der Waals surface area contributed by atoms with Gasteiger partial charge < -0.3 is 11.1 Å². The first-order chi connectivity index (χ1) is 9.99. The first-order valence-corrected chi connectivity index (χ1v) is 9.01. The molecule has 2 saturated carbocycles. The van der Waals surface area contributed by atoms with Crippen LogP contribution in [0, 0.1) is 17.3 Å². The Morgan fingerprint density at radius 2 is 1.81 bits per heavy atom. The molecule has 0 aromatic carbocycles. The fraction of sp³-hybridized carbons (Fsp3) is 0.944. The Balaban J connectivity index is 1.74. The Bertz CT molecular complexity index is 326. The van der Waals surface area contributed by atoms with E-state index in [1.807, 2.05) is 0 Å². The highest BCUT2D eigenvalue weighted by Crippen LogP contribution is 2.42. The van der Waals surface area contributed by atoms with Crippen molar-refractivity contribution in [2.24, 2.45) is 23.0 Å². The van der Waals surface area contributed by atoms with Gasteiger partial charge in [-0.15, -0.1) is 0 Å². The molecular formula is C18H34N2O. The second-order valence-electron chi connectivity index (χ2n) is 8.07. The summed E-state index contributed by atoms with van der Waals surface area (Å²) in [5, 5.41) is 3.26. The van der Waals surface area contributed by atoms with Crippen LogP contribution in [0.25, 0.3) is 0 Å². The van der Waals surface area contributed by atoms with Crippen molar-refractivity contribution in [1.82, 2.24) is 5.32 Å². The van der Waals surface area contributed by atoms with E-state index in [0.29, 0.717) is 23.8 Å². The highest BCUT2D eigenvalue weighted by Gasteiger charge is 2.34. The lowest BCUT2D eigenvalue weighted by Crippen LogP contribution is -2.38. The molecule has 0 heterocycles. The average molecular weight is 294 g/mol. The molecule has 0 aromatic rings. The topological polar surface area (TPSA) is 55.1 Å². The second kappa shape index (κ2) is 7.62. The van der Waals surface area contributed by atoms with Gasteiger partial charge in [0.1, 0.15) is 0 Å². The molecule has 3 N–H and O–H groups in total. The summed E-state index contributed by atoms with van der Waals surface area (Å²) in [7, 11) is 0. The molecular weight excluding hydrogens is 260 g/mol. The molecule has 0 spiro atoms. The van der Waals surface area contributed by atoms with Gasteiger partial charge in [-0.2, -0.15) is 0 Å². The molecule has 0 aromatic heterocycles. The van der Waals surface area contributed by atoms with Crippen LogP contribution in [0.1, 0.15) is 78.1 Å². The number of amides is 1. The van der Waals surface area contributed by atoms with Gasteiger partial charge in [-0.3, -0.25) is 4.79 Å². The van der Waals surface area contributed by atoms with Crippen molar-refractivity contribution in [2.75, 3.05) is 6.54 Å². The minimum absolute atomic E-state index is 0.269. The van der Waals surface area contributed by atoms with E-state index >= 15 is 0 Å². The average Bonchev–Trinajstić information content (AvgIpc) is 2.87. The first kappa shape index (κ1) is 16.8. The van der Waals surface area contributed by atoms with Crippen LogP contribution in [0.3, 0.4) is 0 Å². The number of carbonyl (C=O) groups is 1. The van der Waals surface area contributed by atoms with Crippen LogP contribution in [-0.2, 0) is 4.79 Å². The SMILES string of the molecule is CC(C)CC1(CNC(=O)CC2CCC(N)CC2)CCCC1. The van der Waals surface area contributed by atoms with Crippen molar-refractivity contribution in [1.29, 1.82) is 0 Å². The molecule has 0 bridgehead atoms. The molecule has 0 aliphatic heterocycles. The zero-order valence-corrected chi connectivity index (χ0v) is 14.0. The maximum Gasteiger partial charge on any atom is 0.220 e. The molecule has 0 saturated heterocycles. The molecule has 122 valence electrons. The lowest BCUT2D eigenvalue weighted by Gasteiger charge is -2.32. The molecule has 3 nitrogen and oxygen atoms in total. The monoisotopic (exact) mass is 294 g/mol. The number of rotatable bonds is 6. The van der Waals surface area contributed by atoms with Crippen molar-refractivity contribution >= 4 is 5.91 Å². The summed E-state index contributed by atoms with van der Waals surface area (Å²) in [5.41, 5.74) is 6.32. The molecule has 2 fully saturated rings. The van der Waals surface area contributed by atoms with E-state index in [0.717, 1.165) is 38.1 Å². The van der Waals surface area contributed by atoms with Gasteiger partial charge in [0.05, 0.1) is 0 Å². The van der Waals surface area contributed by atoms with E-state index in [1.165, 1.54) is 32.1 Å². The quantitative estimate of drug-likeness (QED) is 0.786. The van der Waals surface area contributed by atoms with Crippen LogP contribution in [0.4, 0.5) is 0 Å².